The second-order valence-corrected chi connectivity index (χ2v) is 6.66. The van der Waals surface area contributed by atoms with E-state index < -0.39 is 0 Å². The number of nitrogens with zero attached hydrogens (tertiary/aromatic N) is 2. The Morgan fingerprint density at radius 3 is 2.79 bits per heavy atom. The van der Waals surface area contributed by atoms with Crippen LogP contribution in [0.1, 0.15) is 43.7 Å². The molecule has 0 saturated carbocycles. The fraction of sp³-hybridized carbons (Fsp3) is 0.350. The third kappa shape index (κ3) is 2.52. The summed E-state index contributed by atoms with van der Waals surface area (Å²) in [6.07, 6.45) is 5.10. The molecule has 24 heavy (non-hydrogen) atoms. The number of hydrogen-bond donors (Lipinski definition) is 1. The maximum absolute atomic E-state index is 5.65. The molecule has 2 aromatic heterocycles. The van der Waals surface area contributed by atoms with E-state index >= 15 is 0 Å². The highest BCUT2D eigenvalue weighted by Gasteiger charge is 2.24. The Morgan fingerprint density at radius 1 is 1.12 bits per heavy atom. The highest BCUT2D eigenvalue weighted by Crippen LogP contribution is 2.35. The van der Waals surface area contributed by atoms with Crippen LogP contribution >= 0.6 is 0 Å². The minimum atomic E-state index is 0.443. The summed E-state index contributed by atoms with van der Waals surface area (Å²) in [6, 6.07) is 12.4. The largest absolute Gasteiger partial charge is 0.463 e. The van der Waals surface area contributed by atoms with Crippen LogP contribution in [0, 0.1) is 0 Å². The van der Waals surface area contributed by atoms with Gasteiger partial charge in [0.25, 0.3) is 0 Å². The van der Waals surface area contributed by atoms with E-state index in [0.29, 0.717) is 5.92 Å². The van der Waals surface area contributed by atoms with Crippen molar-refractivity contribution in [3.8, 4) is 17.1 Å². The second-order valence-electron chi connectivity index (χ2n) is 6.66. The van der Waals surface area contributed by atoms with Crippen molar-refractivity contribution in [3.05, 3.63) is 53.8 Å². The first-order valence-corrected chi connectivity index (χ1v) is 8.74. The van der Waals surface area contributed by atoms with Gasteiger partial charge in [0, 0.05) is 12.1 Å². The molecule has 0 fully saturated rings. The number of furan rings is 1. The van der Waals surface area contributed by atoms with Gasteiger partial charge in [0.1, 0.15) is 11.5 Å². The maximum Gasteiger partial charge on any atom is 0.154 e. The molecule has 0 aliphatic carbocycles. The van der Waals surface area contributed by atoms with Gasteiger partial charge in [0.15, 0.2) is 5.76 Å². The van der Waals surface area contributed by atoms with Crippen molar-refractivity contribution in [2.45, 2.75) is 39.0 Å². The molecule has 0 spiro atoms. The van der Waals surface area contributed by atoms with Crippen LogP contribution < -0.4 is 5.32 Å². The summed E-state index contributed by atoms with van der Waals surface area (Å²) < 4.78 is 7.73. The molecule has 4 nitrogen and oxygen atoms in total. The van der Waals surface area contributed by atoms with E-state index in [0.717, 1.165) is 35.9 Å². The van der Waals surface area contributed by atoms with Gasteiger partial charge in [-0.3, -0.25) is 0 Å². The van der Waals surface area contributed by atoms with E-state index in [4.69, 9.17) is 9.52 Å². The SMILES string of the molecule is CC(C)c1ccccc1-n1nc(-c2ccco2)c2c1NCCCC2. The summed E-state index contributed by atoms with van der Waals surface area (Å²) in [5.74, 6) is 2.40. The molecule has 3 aromatic rings. The Morgan fingerprint density at radius 2 is 2.00 bits per heavy atom. The minimum absolute atomic E-state index is 0.443. The molecule has 0 radical (unpaired) electrons. The Kier molecular flexibility index (Phi) is 3.89. The van der Waals surface area contributed by atoms with E-state index in [9.17, 15) is 0 Å². The zero-order valence-electron chi connectivity index (χ0n) is 14.2. The number of rotatable bonds is 3. The summed E-state index contributed by atoms with van der Waals surface area (Å²) in [5, 5.41) is 8.55. The van der Waals surface area contributed by atoms with Crippen LogP contribution in [0.2, 0.25) is 0 Å². The molecule has 124 valence electrons. The van der Waals surface area contributed by atoms with E-state index in [1.165, 1.54) is 24.0 Å². The summed E-state index contributed by atoms with van der Waals surface area (Å²) >= 11 is 0. The Bertz CT molecular complexity index is 831. The van der Waals surface area contributed by atoms with Gasteiger partial charge in [-0.1, -0.05) is 32.0 Å². The average molecular weight is 321 g/mol. The number of nitrogens with one attached hydrogen (secondary N) is 1. The third-order valence-electron chi connectivity index (χ3n) is 4.67. The standard InChI is InChI=1S/C20H23N3O/c1-14(2)15-8-3-4-10-17(15)23-20-16(9-5-6-12-21-20)19(22-23)18-11-7-13-24-18/h3-4,7-8,10-11,13-14,21H,5-6,9,12H2,1-2H3. The van der Waals surface area contributed by atoms with Gasteiger partial charge < -0.3 is 9.73 Å². The zero-order valence-corrected chi connectivity index (χ0v) is 14.2. The van der Waals surface area contributed by atoms with Crippen molar-refractivity contribution >= 4 is 5.82 Å². The molecule has 4 heteroatoms. The molecular weight excluding hydrogens is 298 g/mol. The molecule has 0 amide bonds. The number of anilines is 1. The third-order valence-corrected chi connectivity index (χ3v) is 4.67. The van der Waals surface area contributed by atoms with Gasteiger partial charge in [-0.25, -0.2) is 4.68 Å². The zero-order chi connectivity index (χ0) is 16.5. The number of para-hydroxylation sites is 1. The van der Waals surface area contributed by atoms with Crippen molar-refractivity contribution in [1.29, 1.82) is 0 Å². The van der Waals surface area contributed by atoms with Crippen LogP contribution in [0.4, 0.5) is 5.82 Å². The van der Waals surface area contributed by atoms with Gasteiger partial charge in [0.05, 0.1) is 12.0 Å². The van der Waals surface area contributed by atoms with Crippen molar-refractivity contribution < 1.29 is 4.42 Å². The molecular formula is C20H23N3O. The molecule has 0 saturated heterocycles. The fourth-order valence-corrected chi connectivity index (χ4v) is 3.46. The first-order chi connectivity index (χ1) is 11.8. The predicted octanol–water partition coefficient (Wildman–Crippen LogP) is 5.00. The lowest BCUT2D eigenvalue weighted by atomic mass is 10.0. The van der Waals surface area contributed by atoms with Crippen LogP contribution in [-0.2, 0) is 6.42 Å². The van der Waals surface area contributed by atoms with Gasteiger partial charge in [0.2, 0.25) is 0 Å². The number of benzene rings is 1. The van der Waals surface area contributed by atoms with Gasteiger partial charge in [-0.15, -0.1) is 0 Å². The van der Waals surface area contributed by atoms with Crippen molar-refractivity contribution in [3.63, 3.8) is 0 Å². The minimum Gasteiger partial charge on any atom is -0.463 e. The summed E-state index contributed by atoms with van der Waals surface area (Å²) in [5.41, 5.74) is 4.68. The van der Waals surface area contributed by atoms with E-state index in [2.05, 4.69) is 48.1 Å². The smallest absolute Gasteiger partial charge is 0.154 e. The lowest BCUT2D eigenvalue weighted by Crippen LogP contribution is -2.09. The molecule has 1 N–H and O–H groups in total. The molecule has 1 aliphatic rings. The average Bonchev–Trinajstić information content (AvgIpc) is 3.17. The van der Waals surface area contributed by atoms with Gasteiger partial charge in [-0.05, 0) is 48.9 Å². The van der Waals surface area contributed by atoms with E-state index in [1.54, 1.807) is 6.26 Å². The lowest BCUT2D eigenvalue weighted by Gasteiger charge is -2.15. The summed E-state index contributed by atoms with van der Waals surface area (Å²) in [4.78, 5) is 0. The first kappa shape index (κ1) is 15.1. The van der Waals surface area contributed by atoms with Crippen molar-refractivity contribution in [2.24, 2.45) is 0 Å². The van der Waals surface area contributed by atoms with E-state index in [1.807, 2.05) is 12.1 Å². The molecule has 0 bridgehead atoms. The van der Waals surface area contributed by atoms with Gasteiger partial charge >= 0.3 is 0 Å². The van der Waals surface area contributed by atoms with Crippen LogP contribution in [0.15, 0.2) is 47.1 Å². The van der Waals surface area contributed by atoms with Crippen LogP contribution in [0.5, 0.6) is 0 Å². The summed E-state index contributed by atoms with van der Waals surface area (Å²) in [6.45, 7) is 5.43. The molecule has 3 heterocycles. The molecule has 0 atom stereocenters. The first-order valence-electron chi connectivity index (χ1n) is 8.74. The molecule has 1 aromatic carbocycles. The Hall–Kier alpha value is -2.49. The monoisotopic (exact) mass is 321 g/mol. The van der Waals surface area contributed by atoms with Crippen molar-refractivity contribution in [2.75, 3.05) is 11.9 Å². The fourth-order valence-electron chi connectivity index (χ4n) is 3.46. The van der Waals surface area contributed by atoms with Crippen LogP contribution in [0.25, 0.3) is 17.1 Å². The van der Waals surface area contributed by atoms with Crippen LogP contribution in [0.3, 0.4) is 0 Å². The summed E-state index contributed by atoms with van der Waals surface area (Å²) in [7, 11) is 0. The molecule has 1 aliphatic heterocycles. The topological polar surface area (TPSA) is 43.0 Å². The van der Waals surface area contributed by atoms with Crippen LogP contribution in [-0.4, -0.2) is 16.3 Å². The Labute approximate surface area is 142 Å². The van der Waals surface area contributed by atoms with Gasteiger partial charge in [-0.2, -0.15) is 5.10 Å². The number of fused-ring (bicyclic) bond motifs is 1. The highest BCUT2D eigenvalue weighted by molar-refractivity contribution is 5.68. The highest BCUT2D eigenvalue weighted by atomic mass is 16.3. The number of aromatic nitrogens is 2. The maximum atomic E-state index is 5.65. The predicted molar refractivity (Wildman–Crippen MR) is 96.8 cm³/mol. The number of hydrogen-bond acceptors (Lipinski definition) is 3. The molecule has 4 rings (SSSR count). The quantitative estimate of drug-likeness (QED) is 0.738. The van der Waals surface area contributed by atoms with E-state index in [-0.39, 0.29) is 0 Å². The second kappa shape index (κ2) is 6.19. The molecule has 0 unspecified atom stereocenters. The lowest BCUT2D eigenvalue weighted by molar-refractivity contribution is 0.578. The normalized spacial score (nSPS) is 14.3. The van der Waals surface area contributed by atoms with Crippen molar-refractivity contribution in [1.82, 2.24) is 9.78 Å². The Balaban J connectivity index is 1.94.